The number of benzene rings is 3. The van der Waals surface area contributed by atoms with Crippen molar-refractivity contribution < 1.29 is 32.2 Å². The molecule has 0 aliphatic heterocycles. The first-order valence-corrected chi connectivity index (χ1v) is 12.6. The molecule has 0 saturated heterocycles. The van der Waals surface area contributed by atoms with Crippen molar-refractivity contribution in [2.75, 3.05) is 44.1 Å². The van der Waals surface area contributed by atoms with E-state index in [-0.39, 0.29) is 10.6 Å². The van der Waals surface area contributed by atoms with Crippen LogP contribution in [0.5, 0.6) is 17.2 Å². The zero-order valence-corrected chi connectivity index (χ0v) is 21.5. The second-order valence-electron chi connectivity index (χ2n) is 7.64. The Balaban J connectivity index is 1.96. The Morgan fingerprint density at radius 3 is 2.28 bits per heavy atom. The average Bonchev–Trinajstić information content (AvgIpc) is 2.88. The minimum absolute atomic E-state index is 0.0519. The van der Waals surface area contributed by atoms with E-state index in [2.05, 4.69) is 5.32 Å². The second-order valence-corrected chi connectivity index (χ2v) is 9.50. The minimum atomic E-state index is -4.16. The first-order chi connectivity index (χ1) is 17.3. The van der Waals surface area contributed by atoms with Gasteiger partial charge in [-0.2, -0.15) is 0 Å². The van der Waals surface area contributed by atoms with E-state index >= 15 is 0 Å². The molecule has 3 rings (SSSR count). The standard InChI is InChI=1S/C26H30N2O7S/c1-5-35-22-11-9-21(10-12-22)28(17-26(29)27-20-8-6-7-19(15-20)18-32-2)36(30,31)23-13-14-24(33-3)25(16-23)34-4/h6-16H,5,17-18H2,1-4H3,(H,27,29). The summed E-state index contributed by atoms with van der Waals surface area (Å²) in [5, 5.41) is 2.77. The summed E-state index contributed by atoms with van der Waals surface area (Å²) in [6.07, 6.45) is 0. The number of rotatable bonds is 12. The molecule has 0 radical (unpaired) electrons. The molecule has 0 spiro atoms. The van der Waals surface area contributed by atoms with Gasteiger partial charge in [0.2, 0.25) is 5.91 Å². The van der Waals surface area contributed by atoms with Crippen molar-refractivity contribution in [1.29, 1.82) is 0 Å². The Morgan fingerprint density at radius 2 is 1.64 bits per heavy atom. The number of sulfonamides is 1. The second kappa shape index (κ2) is 12.3. The van der Waals surface area contributed by atoms with Crippen LogP contribution in [0.1, 0.15) is 12.5 Å². The molecule has 0 unspecified atom stereocenters. The summed E-state index contributed by atoms with van der Waals surface area (Å²) >= 11 is 0. The number of carbonyl (C=O) groups is 1. The number of carbonyl (C=O) groups excluding carboxylic acids is 1. The molecule has 1 amide bonds. The number of methoxy groups -OCH3 is 3. The number of hydrogen-bond donors (Lipinski definition) is 1. The van der Waals surface area contributed by atoms with Gasteiger partial charge in [0.05, 0.1) is 38.0 Å². The lowest BCUT2D eigenvalue weighted by Gasteiger charge is -2.25. The quantitative estimate of drug-likeness (QED) is 0.388. The molecule has 10 heteroatoms. The van der Waals surface area contributed by atoms with E-state index in [1.54, 1.807) is 49.6 Å². The number of ether oxygens (including phenoxy) is 4. The fourth-order valence-electron chi connectivity index (χ4n) is 3.53. The molecule has 9 nitrogen and oxygen atoms in total. The lowest BCUT2D eigenvalue weighted by atomic mass is 10.2. The third-order valence-electron chi connectivity index (χ3n) is 5.19. The number of anilines is 2. The predicted octanol–water partition coefficient (Wildman–Crippen LogP) is 4.08. The Kier molecular flexibility index (Phi) is 9.15. The highest BCUT2D eigenvalue weighted by atomic mass is 32.2. The maximum absolute atomic E-state index is 13.7. The van der Waals surface area contributed by atoms with Crippen LogP contribution in [-0.4, -0.2) is 48.8 Å². The Bertz CT molecular complexity index is 1280. The van der Waals surface area contributed by atoms with Crippen LogP contribution in [0.2, 0.25) is 0 Å². The van der Waals surface area contributed by atoms with Gasteiger partial charge >= 0.3 is 0 Å². The van der Waals surface area contributed by atoms with E-state index in [0.29, 0.717) is 36.1 Å². The molecule has 3 aromatic carbocycles. The zero-order chi connectivity index (χ0) is 26.1. The molecular weight excluding hydrogens is 484 g/mol. The lowest BCUT2D eigenvalue weighted by molar-refractivity contribution is -0.114. The van der Waals surface area contributed by atoms with Gasteiger partial charge in [-0.05, 0) is 61.0 Å². The summed E-state index contributed by atoms with van der Waals surface area (Å²) in [4.78, 5) is 13.0. The van der Waals surface area contributed by atoms with Crippen molar-refractivity contribution in [1.82, 2.24) is 0 Å². The number of hydrogen-bond acceptors (Lipinski definition) is 7. The molecule has 1 N–H and O–H groups in total. The van der Waals surface area contributed by atoms with Crippen molar-refractivity contribution in [3.63, 3.8) is 0 Å². The van der Waals surface area contributed by atoms with Crippen molar-refractivity contribution in [2.45, 2.75) is 18.4 Å². The summed E-state index contributed by atoms with van der Waals surface area (Å²) < 4.78 is 49.6. The van der Waals surface area contributed by atoms with Crippen LogP contribution in [0, 0.1) is 0 Å². The fraction of sp³-hybridized carbons (Fsp3) is 0.269. The van der Waals surface area contributed by atoms with Crippen LogP contribution in [0.25, 0.3) is 0 Å². The van der Waals surface area contributed by atoms with Gasteiger partial charge in [0.25, 0.3) is 10.0 Å². The predicted molar refractivity (Wildman–Crippen MR) is 137 cm³/mol. The van der Waals surface area contributed by atoms with Gasteiger partial charge in [0, 0.05) is 18.9 Å². The van der Waals surface area contributed by atoms with Crippen LogP contribution in [0.15, 0.2) is 71.6 Å². The Hall–Kier alpha value is -3.76. The van der Waals surface area contributed by atoms with E-state index in [4.69, 9.17) is 18.9 Å². The van der Waals surface area contributed by atoms with E-state index in [1.165, 1.54) is 32.4 Å². The molecule has 0 saturated carbocycles. The molecule has 3 aromatic rings. The molecule has 192 valence electrons. The van der Waals surface area contributed by atoms with Crippen molar-refractivity contribution in [3.05, 3.63) is 72.3 Å². The molecule has 0 bridgehead atoms. The lowest BCUT2D eigenvalue weighted by Crippen LogP contribution is -2.38. The van der Waals surface area contributed by atoms with Gasteiger partial charge in [-0.25, -0.2) is 8.42 Å². The molecule has 0 aliphatic rings. The molecule has 0 atom stereocenters. The topological polar surface area (TPSA) is 103 Å². The van der Waals surface area contributed by atoms with E-state index in [9.17, 15) is 13.2 Å². The largest absolute Gasteiger partial charge is 0.494 e. The smallest absolute Gasteiger partial charge is 0.264 e. The Morgan fingerprint density at radius 1 is 0.917 bits per heavy atom. The van der Waals surface area contributed by atoms with Gasteiger partial charge in [-0.1, -0.05) is 12.1 Å². The highest BCUT2D eigenvalue weighted by Gasteiger charge is 2.28. The summed E-state index contributed by atoms with van der Waals surface area (Å²) in [6, 6.07) is 17.9. The normalized spacial score (nSPS) is 11.0. The van der Waals surface area contributed by atoms with Gasteiger partial charge in [-0.15, -0.1) is 0 Å². The van der Waals surface area contributed by atoms with Gasteiger partial charge in [0.1, 0.15) is 12.3 Å². The van der Waals surface area contributed by atoms with Crippen molar-refractivity contribution in [3.8, 4) is 17.2 Å². The first kappa shape index (κ1) is 26.8. The summed E-state index contributed by atoms with van der Waals surface area (Å²) in [7, 11) is 0.300. The highest BCUT2D eigenvalue weighted by Crippen LogP contribution is 2.32. The van der Waals surface area contributed by atoms with E-state index < -0.39 is 22.5 Å². The first-order valence-electron chi connectivity index (χ1n) is 11.2. The molecule has 0 fully saturated rings. The number of nitrogens with zero attached hydrogens (tertiary/aromatic N) is 1. The number of nitrogens with one attached hydrogen (secondary N) is 1. The van der Waals surface area contributed by atoms with Gasteiger partial charge in [-0.3, -0.25) is 9.10 Å². The molecule has 0 aliphatic carbocycles. The molecule has 36 heavy (non-hydrogen) atoms. The maximum Gasteiger partial charge on any atom is 0.264 e. The molecular formula is C26H30N2O7S. The highest BCUT2D eigenvalue weighted by molar-refractivity contribution is 7.92. The van der Waals surface area contributed by atoms with Crippen LogP contribution >= 0.6 is 0 Å². The minimum Gasteiger partial charge on any atom is -0.494 e. The van der Waals surface area contributed by atoms with Crippen molar-refractivity contribution in [2.24, 2.45) is 0 Å². The van der Waals surface area contributed by atoms with Gasteiger partial charge in [0.15, 0.2) is 11.5 Å². The van der Waals surface area contributed by atoms with Crippen LogP contribution < -0.4 is 23.8 Å². The number of amides is 1. The maximum atomic E-state index is 13.7. The summed E-state index contributed by atoms with van der Waals surface area (Å²) in [5.74, 6) is 0.717. The third-order valence-corrected chi connectivity index (χ3v) is 6.96. The van der Waals surface area contributed by atoms with Crippen molar-refractivity contribution >= 4 is 27.3 Å². The van der Waals surface area contributed by atoms with E-state index in [1.807, 2.05) is 13.0 Å². The summed E-state index contributed by atoms with van der Waals surface area (Å²) in [5.41, 5.74) is 1.71. The SMILES string of the molecule is CCOc1ccc(N(CC(=O)Nc2cccc(COC)c2)S(=O)(=O)c2ccc(OC)c(OC)c2)cc1. The van der Waals surface area contributed by atoms with E-state index in [0.717, 1.165) is 9.87 Å². The van der Waals surface area contributed by atoms with Crippen LogP contribution in [0.4, 0.5) is 11.4 Å². The molecule has 0 aromatic heterocycles. The zero-order valence-electron chi connectivity index (χ0n) is 20.7. The third kappa shape index (κ3) is 6.46. The molecule has 0 heterocycles. The monoisotopic (exact) mass is 514 g/mol. The Labute approximate surface area is 211 Å². The average molecular weight is 515 g/mol. The van der Waals surface area contributed by atoms with Crippen LogP contribution in [-0.2, 0) is 26.2 Å². The summed E-state index contributed by atoms with van der Waals surface area (Å²) in [6.45, 7) is 2.25. The fourth-order valence-corrected chi connectivity index (χ4v) is 4.97. The van der Waals surface area contributed by atoms with Gasteiger partial charge < -0.3 is 24.3 Å². The van der Waals surface area contributed by atoms with Crippen LogP contribution in [0.3, 0.4) is 0 Å².